The number of likely N-dealkylation sites (tertiary alicyclic amines) is 1. The van der Waals surface area contributed by atoms with Crippen molar-refractivity contribution >= 4 is 23.0 Å². The van der Waals surface area contributed by atoms with Crippen molar-refractivity contribution in [1.29, 1.82) is 0 Å². The number of rotatable bonds is 6. The molecule has 1 saturated heterocycles. The summed E-state index contributed by atoms with van der Waals surface area (Å²) in [7, 11) is 3.25. The van der Waals surface area contributed by atoms with E-state index in [0.717, 1.165) is 48.0 Å². The van der Waals surface area contributed by atoms with Gasteiger partial charge in [0.2, 0.25) is 0 Å². The van der Waals surface area contributed by atoms with Gasteiger partial charge in [-0.15, -0.1) is 11.3 Å². The van der Waals surface area contributed by atoms with Crippen molar-refractivity contribution in [3.05, 3.63) is 46.2 Å². The Morgan fingerprint density at radius 3 is 2.60 bits per heavy atom. The number of piperidine rings is 1. The first-order valence-electron chi connectivity index (χ1n) is 10.5. The quantitative estimate of drug-likeness (QED) is 0.694. The SMILES string of the molecule is COc1ccc([C@H]2CC(c3cccs3)=NN2C(=O)CN2CCC(C)CC2)cc1OC. The highest BCUT2D eigenvalue weighted by molar-refractivity contribution is 7.12. The second-order valence-electron chi connectivity index (χ2n) is 8.06. The second-order valence-corrected chi connectivity index (χ2v) is 9.00. The summed E-state index contributed by atoms with van der Waals surface area (Å²) >= 11 is 1.66. The molecule has 0 spiro atoms. The summed E-state index contributed by atoms with van der Waals surface area (Å²) in [4.78, 5) is 16.7. The van der Waals surface area contributed by atoms with Crippen LogP contribution < -0.4 is 9.47 Å². The minimum absolute atomic E-state index is 0.0518. The van der Waals surface area contributed by atoms with E-state index in [1.807, 2.05) is 29.6 Å². The first-order chi connectivity index (χ1) is 14.6. The van der Waals surface area contributed by atoms with Crippen LogP contribution in [0.3, 0.4) is 0 Å². The summed E-state index contributed by atoms with van der Waals surface area (Å²) in [6.07, 6.45) is 2.99. The van der Waals surface area contributed by atoms with Crippen molar-refractivity contribution in [2.45, 2.75) is 32.2 Å². The highest BCUT2D eigenvalue weighted by Crippen LogP contribution is 2.38. The fraction of sp³-hybridized carbons (Fsp3) is 0.478. The van der Waals surface area contributed by atoms with Gasteiger partial charge >= 0.3 is 0 Å². The van der Waals surface area contributed by atoms with Gasteiger partial charge < -0.3 is 9.47 Å². The highest BCUT2D eigenvalue weighted by atomic mass is 32.1. The maximum atomic E-state index is 13.3. The fourth-order valence-corrected chi connectivity index (χ4v) is 4.86. The van der Waals surface area contributed by atoms with E-state index in [2.05, 4.69) is 17.9 Å². The second kappa shape index (κ2) is 9.18. The van der Waals surface area contributed by atoms with E-state index >= 15 is 0 Å². The van der Waals surface area contributed by atoms with Crippen LogP contribution in [-0.2, 0) is 4.79 Å². The molecule has 3 heterocycles. The number of thiophene rings is 1. The van der Waals surface area contributed by atoms with Crippen molar-refractivity contribution in [3.63, 3.8) is 0 Å². The van der Waals surface area contributed by atoms with Gasteiger partial charge in [-0.2, -0.15) is 5.10 Å². The molecule has 30 heavy (non-hydrogen) atoms. The molecule has 0 unspecified atom stereocenters. The van der Waals surface area contributed by atoms with E-state index in [1.165, 1.54) is 0 Å². The lowest BCUT2D eigenvalue weighted by atomic mass is 9.99. The van der Waals surface area contributed by atoms with Crippen molar-refractivity contribution in [2.24, 2.45) is 11.0 Å². The Morgan fingerprint density at radius 1 is 1.17 bits per heavy atom. The summed E-state index contributed by atoms with van der Waals surface area (Å²) in [5.41, 5.74) is 1.97. The minimum Gasteiger partial charge on any atom is -0.493 e. The number of hydrogen-bond acceptors (Lipinski definition) is 6. The van der Waals surface area contributed by atoms with Crippen LogP contribution >= 0.6 is 11.3 Å². The molecule has 2 aliphatic rings. The van der Waals surface area contributed by atoms with Gasteiger partial charge in [-0.1, -0.05) is 19.1 Å². The largest absolute Gasteiger partial charge is 0.493 e. The molecule has 0 aliphatic carbocycles. The zero-order valence-corrected chi connectivity index (χ0v) is 18.7. The topological polar surface area (TPSA) is 54.4 Å². The number of hydrogen-bond donors (Lipinski definition) is 0. The smallest absolute Gasteiger partial charge is 0.257 e. The van der Waals surface area contributed by atoms with Gasteiger partial charge in [0.15, 0.2) is 11.5 Å². The van der Waals surface area contributed by atoms with Gasteiger partial charge in [0.1, 0.15) is 0 Å². The number of hydrazone groups is 1. The molecule has 1 amide bonds. The molecule has 1 fully saturated rings. The predicted octanol–water partition coefficient (Wildman–Crippen LogP) is 4.17. The van der Waals surface area contributed by atoms with E-state index in [9.17, 15) is 4.79 Å². The molecule has 0 radical (unpaired) electrons. The van der Waals surface area contributed by atoms with Crippen LogP contribution in [0.5, 0.6) is 11.5 Å². The van der Waals surface area contributed by atoms with Gasteiger partial charge in [-0.3, -0.25) is 9.69 Å². The molecule has 0 saturated carbocycles. The molecular weight excluding hydrogens is 398 g/mol. The molecule has 4 rings (SSSR count). The standard InChI is InChI=1S/C23H29N3O3S/c1-16-8-10-25(11-9-16)15-23(27)26-19(14-18(24-26)22-5-4-12-30-22)17-6-7-20(28-2)21(13-17)29-3/h4-7,12-13,16,19H,8-11,14-15H2,1-3H3/t19-/m1/s1. The predicted molar refractivity (Wildman–Crippen MR) is 119 cm³/mol. The Labute approximate surface area is 182 Å². The summed E-state index contributed by atoms with van der Waals surface area (Å²) < 4.78 is 10.9. The Balaban J connectivity index is 1.59. The first kappa shape index (κ1) is 20.9. The summed E-state index contributed by atoms with van der Waals surface area (Å²) in [5, 5.41) is 8.51. The van der Waals surface area contributed by atoms with Crippen LogP contribution in [0.2, 0.25) is 0 Å². The Hall–Kier alpha value is -2.38. The lowest BCUT2D eigenvalue weighted by molar-refractivity contribution is -0.134. The van der Waals surface area contributed by atoms with Crippen LogP contribution in [0, 0.1) is 5.92 Å². The van der Waals surface area contributed by atoms with Gasteiger partial charge in [-0.25, -0.2) is 5.01 Å². The van der Waals surface area contributed by atoms with Gasteiger partial charge in [-0.05, 0) is 61.0 Å². The molecule has 1 atom stereocenters. The fourth-order valence-electron chi connectivity index (χ4n) is 4.14. The van der Waals surface area contributed by atoms with Crippen LogP contribution in [0.25, 0.3) is 0 Å². The molecule has 7 heteroatoms. The normalized spacial score (nSPS) is 20.3. The average molecular weight is 428 g/mol. The zero-order chi connectivity index (χ0) is 21.1. The minimum atomic E-state index is -0.141. The van der Waals surface area contributed by atoms with E-state index in [-0.39, 0.29) is 11.9 Å². The van der Waals surface area contributed by atoms with Crippen molar-refractivity contribution in [1.82, 2.24) is 9.91 Å². The maximum absolute atomic E-state index is 13.3. The third-order valence-electron chi connectivity index (χ3n) is 6.00. The third-order valence-corrected chi connectivity index (χ3v) is 6.92. The lowest BCUT2D eigenvalue weighted by Crippen LogP contribution is -2.41. The van der Waals surface area contributed by atoms with Crippen LogP contribution in [0.1, 0.15) is 42.7 Å². The Kier molecular flexibility index (Phi) is 6.39. The number of ether oxygens (including phenoxy) is 2. The summed E-state index contributed by atoms with van der Waals surface area (Å²) in [5.74, 6) is 2.14. The molecule has 1 aromatic carbocycles. The van der Waals surface area contributed by atoms with Crippen molar-refractivity contribution < 1.29 is 14.3 Å². The maximum Gasteiger partial charge on any atom is 0.257 e. The van der Waals surface area contributed by atoms with E-state index in [0.29, 0.717) is 24.5 Å². The van der Waals surface area contributed by atoms with Crippen molar-refractivity contribution in [3.8, 4) is 11.5 Å². The van der Waals surface area contributed by atoms with Crippen LogP contribution in [0.4, 0.5) is 0 Å². The third kappa shape index (κ3) is 4.37. The summed E-state index contributed by atoms with van der Waals surface area (Å²) in [6, 6.07) is 9.80. The van der Waals surface area contributed by atoms with Gasteiger partial charge in [0.05, 0.1) is 37.4 Å². The molecule has 160 valence electrons. The number of carbonyl (C=O) groups is 1. The molecule has 2 aliphatic heterocycles. The van der Waals surface area contributed by atoms with Crippen LogP contribution in [-0.4, -0.2) is 55.4 Å². The Bertz CT molecular complexity index is 904. The molecular formula is C23H29N3O3S. The molecule has 0 N–H and O–H groups in total. The Morgan fingerprint density at radius 2 is 1.93 bits per heavy atom. The number of benzene rings is 1. The average Bonchev–Trinajstić information content (AvgIpc) is 3.45. The lowest BCUT2D eigenvalue weighted by Gasteiger charge is -2.31. The zero-order valence-electron chi connectivity index (χ0n) is 17.8. The van der Waals surface area contributed by atoms with E-state index in [1.54, 1.807) is 30.6 Å². The van der Waals surface area contributed by atoms with E-state index < -0.39 is 0 Å². The van der Waals surface area contributed by atoms with E-state index in [4.69, 9.17) is 14.6 Å². The molecule has 0 bridgehead atoms. The van der Waals surface area contributed by atoms with Gasteiger partial charge in [0, 0.05) is 6.42 Å². The molecule has 1 aromatic heterocycles. The number of amides is 1. The van der Waals surface area contributed by atoms with Crippen molar-refractivity contribution in [2.75, 3.05) is 33.9 Å². The highest BCUT2D eigenvalue weighted by Gasteiger charge is 2.34. The molecule has 6 nitrogen and oxygen atoms in total. The molecule has 2 aromatic rings. The van der Waals surface area contributed by atoms with Crippen LogP contribution in [0.15, 0.2) is 40.8 Å². The van der Waals surface area contributed by atoms with Gasteiger partial charge in [0.25, 0.3) is 5.91 Å². The first-order valence-corrected chi connectivity index (χ1v) is 11.3. The number of nitrogens with zero attached hydrogens (tertiary/aromatic N) is 3. The number of methoxy groups -OCH3 is 2. The monoisotopic (exact) mass is 427 g/mol. The summed E-state index contributed by atoms with van der Waals surface area (Å²) in [6.45, 7) is 4.65. The number of carbonyl (C=O) groups excluding carboxylic acids is 1.